The normalized spacial score (nSPS) is 18.2. The Kier molecular flexibility index (Phi) is 13.5. The quantitative estimate of drug-likeness (QED) is 0.262. The first-order valence-corrected chi connectivity index (χ1v) is 10.8. The standard InChI is InChI=1S/C22H42N2O/c1-3-4-5-6-7-8-9-10-11-12-13-14-15-16-17-18-22-23-19-20-24(22)21(2)25/h8-9,19-23,25H,3-7,10-18H2,1-2H3/b9-8+. The van der Waals surface area contributed by atoms with Crippen LogP contribution in [0.25, 0.3) is 0 Å². The molecule has 1 aliphatic rings. The Morgan fingerprint density at radius 3 is 2.08 bits per heavy atom. The Morgan fingerprint density at radius 1 is 0.920 bits per heavy atom. The van der Waals surface area contributed by atoms with Gasteiger partial charge >= 0.3 is 0 Å². The highest BCUT2D eigenvalue weighted by Gasteiger charge is 2.20. The van der Waals surface area contributed by atoms with Crippen molar-refractivity contribution in [1.82, 2.24) is 10.2 Å². The van der Waals surface area contributed by atoms with Crippen LogP contribution in [0.2, 0.25) is 0 Å². The summed E-state index contributed by atoms with van der Waals surface area (Å²) in [5.74, 6) is 0. The van der Waals surface area contributed by atoms with E-state index in [2.05, 4.69) is 24.4 Å². The number of hydrogen-bond acceptors (Lipinski definition) is 3. The van der Waals surface area contributed by atoms with E-state index in [1.807, 2.05) is 24.2 Å². The molecule has 0 aliphatic carbocycles. The molecular weight excluding hydrogens is 308 g/mol. The van der Waals surface area contributed by atoms with Gasteiger partial charge in [-0.15, -0.1) is 0 Å². The highest BCUT2D eigenvalue weighted by atomic mass is 16.3. The highest BCUT2D eigenvalue weighted by Crippen LogP contribution is 2.16. The van der Waals surface area contributed by atoms with Gasteiger partial charge in [0.05, 0.1) is 0 Å². The van der Waals surface area contributed by atoms with Crippen LogP contribution in [0.15, 0.2) is 24.6 Å². The molecule has 1 aliphatic heterocycles. The van der Waals surface area contributed by atoms with Crippen LogP contribution in [-0.2, 0) is 0 Å². The van der Waals surface area contributed by atoms with Crippen molar-refractivity contribution in [1.29, 1.82) is 0 Å². The Hall–Kier alpha value is -0.960. The lowest BCUT2D eigenvalue weighted by Gasteiger charge is -2.28. The molecule has 0 aromatic carbocycles. The fourth-order valence-corrected chi connectivity index (χ4v) is 3.46. The molecule has 0 saturated heterocycles. The van der Waals surface area contributed by atoms with Crippen LogP contribution < -0.4 is 5.32 Å². The molecule has 0 radical (unpaired) electrons. The Balaban J connectivity index is 1.81. The van der Waals surface area contributed by atoms with Crippen LogP contribution in [0.1, 0.15) is 104 Å². The maximum Gasteiger partial charge on any atom is 0.125 e. The Morgan fingerprint density at radius 2 is 1.48 bits per heavy atom. The molecule has 1 rings (SSSR count). The van der Waals surface area contributed by atoms with Crippen LogP contribution in [0.5, 0.6) is 0 Å². The minimum absolute atomic E-state index is 0.286. The van der Waals surface area contributed by atoms with E-state index in [0.717, 1.165) is 6.42 Å². The van der Waals surface area contributed by atoms with Crippen molar-refractivity contribution in [2.75, 3.05) is 0 Å². The maximum atomic E-state index is 9.68. The van der Waals surface area contributed by atoms with Gasteiger partial charge in [-0.25, -0.2) is 0 Å². The molecule has 0 spiro atoms. The zero-order valence-electron chi connectivity index (χ0n) is 16.8. The predicted octanol–water partition coefficient (Wildman–Crippen LogP) is 6.06. The lowest BCUT2D eigenvalue weighted by atomic mass is 10.1. The number of nitrogens with one attached hydrogen (secondary N) is 1. The summed E-state index contributed by atoms with van der Waals surface area (Å²) < 4.78 is 0. The zero-order valence-corrected chi connectivity index (χ0v) is 16.8. The summed E-state index contributed by atoms with van der Waals surface area (Å²) in [6, 6.07) is 0. The summed E-state index contributed by atoms with van der Waals surface area (Å²) >= 11 is 0. The topological polar surface area (TPSA) is 35.5 Å². The van der Waals surface area contributed by atoms with Crippen molar-refractivity contribution < 1.29 is 5.11 Å². The molecule has 1 heterocycles. The average Bonchev–Trinajstić information content (AvgIpc) is 3.07. The van der Waals surface area contributed by atoms with Gasteiger partial charge < -0.3 is 15.3 Å². The van der Waals surface area contributed by atoms with Crippen molar-refractivity contribution in [2.45, 2.75) is 116 Å². The number of nitrogens with zero attached hydrogens (tertiary/aromatic N) is 1. The number of aliphatic hydroxyl groups is 1. The van der Waals surface area contributed by atoms with Crippen LogP contribution in [0.4, 0.5) is 0 Å². The van der Waals surface area contributed by atoms with Crippen LogP contribution in [-0.4, -0.2) is 22.4 Å². The number of hydrogen-bond donors (Lipinski definition) is 2. The average molecular weight is 351 g/mol. The first-order valence-electron chi connectivity index (χ1n) is 10.8. The summed E-state index contributed by atoms with van der Waals surface area (Å²) in [7, 11) is 0. The third-order valence-corrected chi connectivity index (χ3v) is 5.07. The monoisotopic (exact) mass is 350 g/mol. The molecule has 0 fully saturated rings. The van der Waals surface area contributed by atoms with E-state index in [9.17, 15) is 5.11 Å². The van der Waals surface area contributed by atoms with Gasteiger partial charge in [0.2, 0.25) is 0 Å². The summed E-state index contributed by atoms with van der Waals surface area (Å²) in [6.07, 6.45) is 27.1. The van der Waals surface area contributed by atoms with Gasteiger partial charge in [0.25, 0.3) is 0 Å². The van der Waals surface area contributed by atoms with Gasteiger partial charge in [0.15, 0.2) is 0 Å². The van der Waals surface area contributed by atoms with Crippen LogP contribution in [0, 0.1) is 0 Å². The third kappa shape index (κ3) is 11.3. The molecule has 0 bridgehead atoms. The molecule has 25 heavy (non-hydrogen) atoms. The Bertz CT molecular complexity index is 352. The number of aliphatic hydroxyl groups excluding tert-OH is 1. The first kappa shape index (κ1) is 22.1. The van der Waals surface area contributed by atoms with E-state index >= 15 is 0 Å². The molecule has 3 nitrogen and oxygen atoms in total. The van der Waals surface area contributed by atoms with Crippen molar-refractivity contribution in [2.24, 2.45) is 0 Å². The maximum absolute atomic E-state index is 9.68. The molecule has 2 N–H and O–H groups in total. The number of allylic oxidation sites excluding steroid dienone is 2. The molecule has 0 saturated carbocycles. The van der Waals surface area contributed by atoms with Crippen molar-refractivity contribution in [3.63, 3.8) is 0 Å². The molecule has 2 unspecified atom stereocenters. The largest absolute Gasteiger partial charge is 0.374 e. The molecule has 146 valence electrons. The fourth-order valence-electron chi connectivity index (χ4n) is 3.46. The molecule has 0 aromatic rings. The summed E-state index contributed by atoms with van der Waals surface area (Å²) in [4.78, 5) is 2.00. The number of rotatable bonds is 16. The van der Waals surface area contributed by atoms with E-state index in [1.165, 1.54) is 83.5 Å². The van der Waals surface area contributed by atoms with Crippen molar-refractivity contribution in [3.05, 3.63) is 24.6 Å². The van der Waals surface area contributed by atoms with E-state index in [-0.39, 0.29) is 6.17 Å². The van der Waals surface area contributed by atoms with Crippen molar-refractivity contribution >= 4 is 0 Å². The molecular formula is C22H42N2O. The van der Waals surface area contributed by atoms with Gasteiger partial charge in [0.1, 0.15) is 12.4 Å². The molecule has 3 heteroatoms. The van der Waals surface area contributed by atoms with Crippen LogP contribution >= 0.6 is 0 Å². The van der Waals surface area contributed by atoms with E-state index in [0.29, 0.717) is 0 Å². The second-order valence-electron chi connectivity index (χ2n) is 7.45. The lowest BCUT2D eigenvalue weighted by Crippen LogP contribution is -2.40. The fraction of sp³-hybridized carbons (Fsp3) is 0.818. The summed E-state index contributed by atoms with van der Waals surface area (Å²) in [5.41, 5.74) is 0. The van der Waals surface area contributed by atoms with Gasteiger partial charge in [-0.1, -0.05) is 70.4 Å². The molecule has 0 aromatic heterocycles. The van der Waals surface area contributed by atoms with E-state index in [4.69, 9.17) is 0 Å². The van der Waals surface area contributed by atoms with Gasteiger partial charge in [-0.2, -0.15) is 0 Å². The van der Waals surface area contributed by atoms with Gasteiger partial charge in [-0.05, 0) is 45.4 Å². The van der Waals surface area contributed by atoms with Gasteiger partial charge in [0, 0.05) is 12.4 Å². The van der Waals surface area contributed by atoms with E-state index < -0.39 is 6.23 Å². The molecule has 2 atom stereocenters. The Labute approximate surface area is 156 Å². The summed E-state index contributed by atoms with van der Waals surface area (Å²) in [6.45, 7) is 4.09. The second kappa shape index (κ2) is 15.3. The first-order chi connectivity index (χ1) is 12.3. The molecule has 0 amide bonds. The summed E-state index contributed by atoms with van der Waals surface area (Å²) in [5, 5.41) is 13.0. The zero-order chi connectivity index (χ0) is 18.2. The highest BCUT2D eigenvalue weighted by molar-refractivity contribution is 4.94. The minimum atomic E-state index is -0.401. The number of unbranched alkanes of at least 4 members (excludes halogenated alkanes) is 11. The smallest absolute Gasteiger partial charge is 0.125 e. The lowest BCUT2D eigenvalue weighted by molar-refractivity contribution is 0.0254. The van der Waals surface area contributed by atoms with E-state index in [1.54, 1.807) is 0 Å². The minimum Gasteiger partial charge on any atom is -0.374 e. The predicted molar refractivity (Wildman–Crippen MR) is 109 cm³/mol. The SMILES string of the molecule is CCCCCC/C=C/CCCCCCCCCC1NC=CN1C(C)O. The second-order valence-corrected chi connectivity index (χ2v) is 7.45. The third-order valence-electron chi connectivity index (χ3n) is 5.07. The van der Waals surface area contributed by atoms with Gasteiger partial charge in [-0.3, -0.25) is 0 Å². The van der Waals surface area contributed by atoms with Crippen LogP contribution in [0.3, 0.4) is 0 Å². The van der Waals surface area contributed by atoms with Crippen molar-refractivity contribution in [3.8, 4) is 0 Å².